The predicted molar refractivity (Wildman–Crippen MR) is 75.4 cm³/mol. The molecule has 0 bridgehead atoms. The van der Waals surface area contributed by atoms with Crippen molar-refractivity contribution in [3.63, 3.8) is 0 Å². The van der Waals surface area contributed by atoms with Crippen LogP contribution in [0.1, 0.15) is 0 Å². The second kappa shape index (κ2) is 4.75. The molecule has 0 fully saturated rings. The van der Waals surface area contributed by atoms with E-state index in [1.54, 1.807) is 0 Å². The van der Waals surface area contributed by atoms with Gasteiger partial charge in [0.15, 0.2) is 0 Å². The predicted octanol–water partition coefficient (Wildman–Crippen LogP) is 2.49. The van der Waals surface area contributed by atoms with Crippen LogP contribution < -0.4 is 8.92 Å². The second-order valence-corrected chi connectivity index (χ2v) is 6.33. The first-order valence-electron chi connectivity index (χ1n) is 5.63. The van der Waals surface area contributed by atoms with E-state index in [0.29, 0.717) is 15.0 Å². The van der Waals surface area contributed by atoms with Crippen molar-refractivity contribution in [2.45, 2.75) is 0 Å². The molecule has 1 heteroatoms. The fourth-order valence-corrected chi connectivity index (χ4v) is 3.72. The van der Waals surface area contributed by atoms with Crippen molar-refractivity contribution in [1.82, 2.24) is 0 Å². The molecule has 0 atom stereocenters. The molecule has 3 aromatic rings. The Hall–Kier alpha value is -1.56. The van der Waals surface area contributed by atoms with Gasteiger partial charge in [0.1, 0.15) is 0 Å². The Morgan fingerprint density at radius 1 is 0.529 bits per heavy atom. The Bertz CT molecular complexity index is 629. The summed E-state index contributed by atoms with van der Waals surface area (Å²) in [6.07, 6.45) is 0. The van der Waals surface area contributed by atoms with E-state index in [1.165, 1.54) is 19.7 Å². The van der Waals surface area contributed by atoms with E-state index in [4.69, 9.17) is 0 Å². The second-order valence-electron chi connectivity index (χ2n) is 3.92. The molecule has 0 heterocycles. The van der Waals surface area contributed by atoms with Crippen molar-refractivity contribution in [3.8, 4) is 0 Å². The van der Waals surface area contributed by atoms with E-state index in [1.807, 2.05) is 0 Å². The summed E-state index contributed by atoms with van der Waals surface area (Å²) in [7, 11) is 0. The molecule has 0 aliphatic rings. The zero-order chi connectivity index (χ0) is 11.5. The van der Waals surface area contributed by atoms with Gasteiger partial charge in [-0.1, -0.05) is 0 Å². The Kier molecular flexibility index (Phi) is 2.96. The first kappa shape index (κ1) is 10.6. The van der Waals surface area contributed by atoms with E-state index in [-0.39, 0.29) is 0 Å². The fraction of sp³-hybridized carbons (Fsp3) is 0. The van der Waals surface area contributed by atoms with Crippen LogP contribution in [0.2, 0.25) is 0 Å². The number of fused-ring (bicyclic) bond motifs is 1. The van der Waals surface area contributed by atoms with Crippen molar-refractivity contribution in [3.05, 3.63) is 72.8 Å². The summed E-state index contributed by atoms with van der Waals surface area (Å²) in [6.45, 7) is 0. The zero-order valence-electron chi connectivity index (χ0n) is 9.34. The van der Waals surface area contributed by atoms with Crippen molar-refractivity contribution in [1.29, 1.82) is 0 Å². The molecule has 17 heavy (non-hydrogen) atoms. The number of rotatable bonds is 2. The van der Waals surface area contributed by atoms with Crippen LogP contribution in [-0.2, 0) is 0 Å². The maximum atomic E-state index is 2.31. The van der Waals surface area contributed by atoms with Gasteiger partial charge in [-0.15, -0.1) is 0 Å². The molecule has 0 N–H and O–H groups in total. The topological polar surface area (TPSA) is 0 Å². The van der Waals surface area contributed by atoms with Crippen LogP contribution in [0.5, 0.6) is 0 Å². The van der Waals surface area contributed by atoms with Gasteiger partial charge in [-0.2, -0.15) is 0 Å². The summed E-state index contributed by atoms with van der Waals surface area (Å²) in [4.78, 5) is 0. The quantitative estimate of drug-likeness (QED) is 0.634. The SMILES string of the molecule is c1ccc([Se]c2ccc3ccccc3c2)cc1. The van der Waals surface area contributed by atoms with Crippen LogP contribution in [0.15, 0.2) is 72.8 Å². The third kappa shape index (κ3) is 2.41. The normalized spacial score (nSPS) is 10.6. The molecule has 0 aliphatic heterocycles. The average molecular weight is 283 g/mol. The monoisotopic (exact) mass is 284 g/mol. The van der Waals surface area contributed by atoms with Crippen LogP contribution in [0.25, 0.3) is 10.8 Å². The number of hydrogen-bond acceptors (Lipinski definition) is 0. The zero-order valence-corrected chi connectivity index (χ0v) is 11.0. The molecule has 0 aromatic heterocycles. The van der Waals surface area contributed by atoms with E-state index < -0.39 is 0 Å². The number of hydrogen-bond donors (Lipinski definition) is 0. The summed E-state index contributed by atoms with van der Waals surface area (Å²) in [5.41, 5.74) is 0. The number of benzene rings is 3. The average Bonchev–Trinajstić information content (AvgIpc) is 2.40. The molecule has 0 saturated heterocycles. The van der Waals surface area contributed by atoms with Crippen LogP contribution >= 0.6 is 0 Å². The van der Waals surface area contributed by atoms with Gasteiger partial charge in [0, 0.05) is 0 Å². The third-order valence-corrected chi connectivity index (χ3v) is 4.79. The van der Waals surface area contributed by atoms with Crippen molar-refractivity contribution in [2.75, 3.05) is 0 Å². The molecule has 0 amide bonds. The molecule has 3 aromatic carbocycles. The first-order chi connectivity index (χ1) is 8.42. The summed E-state index contributed by atoms with van der Waals surface area (Å²) >= 11 is 0.408. The van der Waals surface area contributed by atoms with Crippen molar-refractivity contribution < 1.29 is 0 Å². The first-order valence-corrected chi connectivity index (χ1v) is 7.35. The van der Waals surface area contributed by atoms with Crippen LogP contribution in [0.3, 0.4) is 0 Å². The molecule has 0 aliphatic carbocycles. The fourth-order valence-electron chi connectivity index (χ4n) is 1.86. The minimum absolute atomic E-state index is 0.408. The Morgan fingerprint density at radius 3 is 2.06 bits per heavy atom. The van der Waals surface area contributed by atoms with Gasteiger partial charge in [0.25, 0.3) is 0 Å². The standard InChI is InChI=1S/C16H12Se/c1-2-8-15(9-3-1)17-16-11-10-13-6-4-5-7-14(13)12-16/h1-12H. The van der Waals surface area contributed by atoms with Gasteiger partial charge in [0.2, 0.25) is 0 Å². The molecular weight excluding hydrogens is 271 g/mol. The van der Waals surface area contributed by atoms with Gasteiger partial charge in [0.05, 0.1) is 0 Å². The summed E-state index contributed by atoms with van der Waals surface area (Å²) in [6, 6.07) is 26.0. The van der Waals surface area contributed by atoms with Crippen molar-refractivity contribution >= 4 is 34.7 Å². The van der Waals surface area contributed by atoms with Gasteiger partial charge in [-0.3, -0.25) is 0 Å². The van der Waals surface area contributed by atoms with E-state index in [0.717, 1.165) is 0 Å². The maximum absolute atomic E-state index is 2.31. The minimum atomic E-state index is 0.408. The Labute approximate surface area is 107 Å². The Morgan fingerprint density at radius 2 is 1.24 bits per heavy atom. The summed E-state index contributed by atoms with van der Waals surface area (Å²) in [5, 5.41) is 2.66. The molecule has 82 valence electrons. The molecule has 0 spiro atoms. The van der Waals surface area contributed by atoms with E-state index >= 15 is 0 Å². The van der Waals surface area contributed by atoms with Crippen LogP contribution in [0, 0.1) is 0 Å². The summed E-state index contributed by atoms with van der Waals surface area (Å²) < 4.78 is 2.86. The van der Waals surface area contributed by atoms with Gasteiger partial charge in [-0.05, 0) is 0 Å². The van der Waals surface area contributed by atoms with Crippen molar-refractivity contribution in [2.24, 2.45) is 0 Å². The van der Waals surface area contributed by atoms with Gasteiger partial charge >= 0.3 is 107 Å². The van der Waals surface area contributed by atoms with E-state index in [9.17, 15) is 0 Å². The summed E-state index contributed by atoms with van der Waals surface area (Å²) in [5.74, 6) is 0. The molecule has 0 radical (unpaired) electrons. The molecule has 0 nitrogen and oxygen atoms in total. The van der Waals surface area contributed by atoms with Crippen LogP contribution in [-0.4, -0.2) is 15.0 Å². The van der Waals surface area contributed by atoms with Crippen LogP contribution in [0.4, 0.5) is 0 Å². The van der Waals surface area contributed by atoms with Gasteiger partial charge < -0.3 is 0 Å². The van der Waals surface area contributed by atoms with Gasteiger partial charge in [-0.25, -0.2) is 0 Å². The third-order valence-electron chi connectivity index (χ3n) is 2.70. The molecule has 0 saturated carbocycles. The van der Waals surface area contributed by atoms with E-state index in [2.05, 4.69) is 72.8 Å². The molecular formula is C16H12Se. The molecule has 3 rings (SSSR count). The Balaban J connectivity index is 1.96. The molecule has 0 unspecified atom stereocenters.